The predicted molar refractivity (Wildman–Crippen MR) is 117 cm³/mol. The van der Waals surface area contributed by atoms with Crippen LogP contribution in [0.4, 0.5) is 5.69 Å². The Balaban J connectivity index is 3.40. The van der Waals surface area contributed by atoms with Gasteiger partial charge in [-0.05, 0) is 34.8 Å². The molecule has 0 saturated heterocycles. The van der Waals surface area contributed by atoms with Crippen molar-refractivity contribution in [3.8, 4) is 0 Å². The van der Waals surface area contributed by atoms with Gasteiger partial charge in [-0.15, -0.1) is 12.3 Å². The summed E-state index contributed by atoms with van der Waals surface area (Å²) in [5, 5.41) is 0. The Morgan fingerprint density at radius 2 is 1.38 bits per heavy atom. The van der Waals surface area contributed by atoms with Gasteiger partial charge in [0.25, 0.3) is 0 Å². The minimum Gasteiger partial charge on any atom is -0.397 e. The summed E-state index contributed by atoms with van der Waals surface area (Å²) in [6, 6.07) is 12.4. The molecule has 0 aliphatic rings. The van der Waals surface area contributed by atoms with E-state index in [1.54, 1.807) is 0 Å². The largest absolute Gasteiger partial charge is 0.397 e. The Labute approximate surface area is 153 Å². The van der Waals surface area contributed by atoms with Gasteiger partial charge in [0, 0.05) is 12.2 Å². The molecule has 0 bridgehead atoms. The highest BCUT2D eigenvalue weighted by atomic mass is 28.3. The van der Waals surface area contributed by atoms with Gasteiger partial charge in [0.05, 0.1) is 8.07 Å². The summed E-state index contributed by atoms with van der Waals surface area (Å²) < 4.78 is 2.87. The maximum atomic E-state index is 4.11. The van der Waals surface area contributed by atoms with Crippen LogP contribution in [0, 0.1) is 0 Å². The number of para-hydroxylation sites is 1. The van der Waals surface area contributed by atoms with Crippen LogP contribution in [0.2, 0.25) is 35.8 Å². The fourth-order valence-corrected chi connectivity index (χ4v) is 12.8. The molecule has 0 amide bonds. The van der Waals surface area contributed by atoms with Gasteiger partial charge in [-0.25, -0.2) is 0 Å². The molecule has 0 saturated carbocycles. The van der Waals surface area contributed by atoms with Crippen LogP contribution in [-0.4, -0.2) is 22.9 Å². The van der Waals surface area contributed by atoms with Crippen LogP contribution in [0.15, 0.2) is 42.6 Å². The molecule has 1 nitrogen and oxygen atoms in total. The van der Waals surface area contributed by atoms with Crippen molar-refractivity contribution >= 4 is 22.0 Å². The highest BCUT2D eigenvalue weighted by Gasteiger charge is 2.48. The van der Waals surface area contributed by atoms with E-state index in [2.05, 4.69) is 102 Å². The molecule has 0 heterocycles. The molecule has 0 radical (unpaired) electrons. The number of hydrogen-bond acceptors (Lipinski definition) is 1. The summed E-state index contributed by atoms with van der Waals surface area (Å²) in [6.45, 7) is 24.9. The standard InChI is InChI=1S/C21H39NSi2/c1-10-23(8,9)17-16-22(21-14-12-11-13-15-21)24(18(2)3,19(4)5)20(6)7/h10-15,18-20H,1,16-17H2,2-9H3. The molecule has 3 heteroatoms. The molecule has 1 aromatic rings. The SMILES string of the molecule is C=C[Si](C)(C)CCN(c1ccccc1)[Si](C(C)C)(C(C)C)C(C)C. The molecule has 0 spiro atoms. The van der Waals surface area contributed by atoms with Crippen molar-refractivity contribution < 1.29 is 0 Å². The zero-order valence-corrected chi connectivity index (χ0v) is 19.3. The molecule has 1 aromatic carbocycles. The third-order valence-corrected chi connectivity index (χ3v) is 15.4. The highest BCUT2D eigenvalue weighted by molar-refractivity contribution is 6.87. The molecule has 1 rings (SSSR count). The normalized spacial score (nSPS) is 13.0. The molecule has 0 aliphatic heterocycles. The maximum Gasteiger partial charge on any atom is 0.164 e. The van der Waals surface area contributed by atoms with Crippen molar-refractivity contribution in [3.63, 3.8) is 0 Å². The van der Waals surface area contributed by atoms with E-state index in [1.165, 1.54) is 18.3 Å². The topological polar surface area (TPSA) is 3.24 Å². The average molecular weight is 362 g/mol. The first-order valence-corrected chi connectivity index (χ1v) is 15.0. The van der Waals surface area contributed by atoms with E-state index in [-0.39, 0.29) is 0 Å². The van der Waals surface area contributed by atoms with Gasteiger partial charge in [0.1, 0.15) is 0 Å². The number of benzene rings is 1. The molecule has 136 valence electrons. The fraction of sp³-hybridized carbons (Fsp3) is 0.619. The summed E-state index contributed by atoms with van der Waals surface area (Å²) in [5.74, 6) is 0. The van der Waals surface area contributed by atoms with E-state index in [1.807, 2.05) is 0 Å². The third kappa shape index (κ3) is 4.43. The lowest BCUT2D eigenvalue weighted by atomic mass is 10.3. The second-order valence-electron chi connectivity index (χ2n) is 8.78. The van der Waals surface area contributed by atoms with Crippen molar-refractivity contribution in [2.24, 2.45) is 0 Å². The first-order valence-electron chi connectivity index (χ1n) is 9.55. The minimum atomic E-state index is -1.69. The monoisotopic (exact) mass is 361 g/mol. The Morgan fingerprint density at radius 3 is 1.75 bits per heavy atom. The molecule has 24 heavy (non-hydrogen) atoms. The fourth-order valence-electron chi connectivity index (χ4n) is 4.59. The van der Waals surface area contributed by atoms with E-state index in [4.69, 9.17) is 0 Å². The lowest BCUT2D eigenvalue weighted by Gasteiger charge is -2.53. The number of nitrogens with zero attached hydrogens (tertiary/aromatic N) is 1. The molecule has 0 unspecified atom stereocenters. The summed E-state index contributed by atoms with van der Waals surface area (Å²) in [6.07, 6.45) is 0. The minimum absolute atomic E-state index is 0.728. The number of anilines is 1. The van der Waals surface area contributed by atoms with Crippen molar-refractivity contribution in [1.29, 1.82) is 0 Å². The molecular weight excluding hydrogens is 322 g/mol. The van der Waals surface area contributed by atoms with Gasteiger partial charge in [0.15, 0.2) is 8.24 Å². The number of rotatable bonds is 9. The highest BCUT2D eigenvalue weighted by Crippen LogP contribution is 2.46. The van der Waals surface area contributed by atoms with Crippen LogP contribution >= 0.6 is 0 Å². The van der Waals surface area contributed by atoms with Crippen molar-refractivity contribution in [2.45, 2.75) is 77.3 Å². The van der Waals surface area contributed by atoms with Crippen molar-refractivity contribution in [1.82, 2.24) is 0 Å². The predicted octanol–water partition coefficient (Wildman–Crippen LogP) is 7.10. The zero-order valence-electron chi connectivity index (χ0n) is 17.3. The van der Waals surface area contributed by atoms with Gasteiger partial charge in [-0.2, -0.15) is 0 Å². The van der Waals surface area contributed by atoms with Crippen LogP contribution in [-0.2, 0) is 0 Å². The van der Waals surface area contributed by atoms with Crippen LogP contribution in [0.5, 0.6) is 0 Å². The molecule has 0 N–H and O–H groups in total. The van der Waals surface area contributed by atoms with E-state index >= 15 is 0 Å². The lowest BCUT2D eigenvalue weighted by Crippen LogP contribution is -2.61. The van der Waals surface area contributed by atoms with Crippen LogP contribution < -0.4 is 4.57 Å². The molecule has 0 atom stereocenters. The Morgan fingerprint density at radius 1 is 0.917 bits per heavy atom. The smallest absolute Gasteiger partial charge is 0.164 e. The van der Waals surface area contributed by atoms with Gasteiger partial charge >= 0.3 is 0 Å². The lowest BCUT2D eigenvalue weighted by molar-refractivity contribution is 0.774. The van der Waals surface area contributed by atoms with Crippen LogP contribution in [0.25, 0.3) is 0 Å². The second-order valence-corrected chi connectivity index (χ2v) is 19.4. The summed E-state index contributed by atoms with van der Waals surface area (Å²) >= 11 is 0. The van der Waals surface area contributed by atoms with E-state index in [0.717, 1.165) is 16.6 Å². The Bertz CT molecular complexity index is 484. The first kappa shape index (κ1) is 21.2. The van der Waals surface area contributed by atoms with Crippen molar-refractivity contribution in [2.75, 3.05) is 11.1 Å². The van der Waals surface area contributed by atoms with Crippen LogP contribution in [0.1, 0.15) is 41.5 Å². The average Bonchev–Trinajstić information content (AvgIpc) is 2.51. The summed E-state index contributed by atoms with van der Waals surface area (Å²) in [7, 11) is -3.00. The van der Waals surface area contributed by atoms with Gasteiger partial charge in [-0.1, -0.05) is 72.8 Å². The second kappa shape index (κ2) is 8.53. The third-order valence-electron chi connectivity index (χ3n) is 5.84. The van der Waals surface area contributed by atoms with E-state index in [9.17, 15) is 0 Å². The first-order chi connectivity index (χ1) is 11.1. The van der Waals surface area contributed by atoms with Crippen molar-refractivity contribution in [3.05, 3.63) is 42.6 Å². The number of hydrogen-bond donors (Lipinski definition) is 0. The van der Waals surface area contributed by atoms with Gasteiger partial charge in [0.2, 0.25) is 0 Å². The van der Waals surface area contributed by atoms with Gasteiger partial charge < -0.3 is 4.57 Å². The van der Waals surface area contributed by atoms with Crippen LogP contribution in [0.3, 0.4) is 0 Å². The Hall–Kier alpha value is -0.806. The summed E-state index contributed by atoms with van der Waals surface area (Å²) in [4.78, 5) is 0. The molecule has 0 aliphatic carbocycles. The Kier molecular flexibility index (Phi) is 7.54. The summed E-state index contributed by atoms with van der Waals surface area (Å²) in [5.41, 5.74) is 5.86. The molecule has 0 aromatic heterocycles. The maximum absolute atomic E-state index is 4.11. The quantitative estimate of drug-likeness (QED) is 0.424. The van der Waals surface area contributed by atoms with E-state index in [0.29, 0.717) is 0 Å². The zero-order chi connectivity index (χ0) is 18.5. The molecule has 0 fully saturated rings. The van der Waals surface area contributed by atoms with Gasteiger partial charge in [-0.3, -0.25) is 0 Å². The van der Waals surface area contributed by atoms with E-state index < -0.39 is 16.3 Å². The molecular formula is C21H39NSi2.